The largest absolute Gasteiger partial charge is 0.293 e. The SMILES string of the molecule is CC(=O)c1ccc(-c2cc(F)cc(F)c2)cn1. The van der Waals surface area contributed by atoms with Crippen LogP contribution in [0.4, 0.5) is 8.78 Å². The molecule has 17 heavy (non-hydrogen) atoms. The van der Waals surface area contributed by atoms with Gasteiger partial charge in [-0.2, -0.15) is 0 Å². The number of rotatable bonds is 2. The molecule has 0 amide bonds. The first kappa shape index (κ1) is 11.4. The number of hydrogen-bond donors (Lipinski definition) is 0. The predicted molar refractivity (Wildman–Crippen MR) is 59.6 cm³/mol. The van der Waals surface area contributed by atoms with E-state index in [0.717, 1.165) is 6.07 Å². The lowest BCUT2D eigenvalue weighted by Gasteiger charge is -2.02. The zero-order valence-electron chi connectivity index (χ0n) is 9.08. The maximum Gasteiger partial charge on any atom is 0.178 e. The highest BCUT2D eigenvalue weighted by Gasteiger charge is 2.05. The molecule has 2 aromatic rings. The molecular weight excluding hydrogens is 224 g/mol. The maximum absolute atomic E-state index is 13.0. The van der Waals surface area contributed by atoms with Gasteiger partial charge in [0.05, 0.1) is 0 Å². The number of aromatic nitrogens is 1. The van der Waals surface area contributed by atoms with Crippen molar-refractivity contribution in [1.29, 1.82) is 0 Å². The zero-order chi connectivity index (χ0) is 12.4. The van der Waals surface area contributed by atoms with Crippen molar-refractivity contribution in [2.45, 2.75) is 6.92 Å². The Hall–Kier alpha value is -2.10. The first-order chi connectivity index (χ1) is 8.06. The second-order valence-corrected chi connectivity index (χ2v) is 3.65. The van der Waals surface area contributed by atoms with Crippen LogP contribution >= 0.6 is 0 Å². The second-order valence-electron chi connectivity index (χ2n) is 3.65. The molecule has 0 saturated heterocycles. The van der Waals surface area contributed by atoms with E-state index >= 15 is 0 Å². The highest BCUT2D eigenvalue weighted by atomic mass is 19.1. The summed E-state index contributed by atoms with van der Waals surface area (Å²) in [5, 5.41) is 0. The van der Waals surface area contributed by atoms with Crippen LogP contribution in [-0.2, 0) is 0 Å². The Morgan fingerprint density at radius 1 is 1.06 bits per heavy atom. The van der Waals surface area contributed by atoms with Crippen molar-refractivity contribution < 1.29 is 13.6 Å². The summed E-state index contributed by atoms with van der Waals surface area (Å²) in [5.74, 6) is -1.44. The highest BCUT2D eigenvalue weighted by molar-refractivity contribution is 5.92. The third kappa shape index (κ3) is 2.53. The molecule has 1 aromatic carbocycles. The Morgan fingerprint density at radius 3 is 2.18 bits per heavy atom. The Kier molecular flexibility index (Phi) is 2.95. The lowest BCUT2D eigenvalue weighted by atomic mass is 10.1. The molecule has 0 N–H and O–H groups in total. The summed E-state index contributed by atoms with van der Waals surface area (Å²) < 4.78 is 26.0. The van der Waals surface area contributed by atoms with Crippen LogP contribution in [0.15, 0.2) is 36.5 Å². The van der Waals surface area contributed by atoms with Gasteiger partial charge in [0, 0.05) is 24.8 Å². The van der Waals surface area contributed by atoms with E-state index in [1.54, 1.807) is 6.07 Å². The average molecular weight is 233 g/mol. The highest BCUT2D eigenvalue weighted by Crippen LogP contribution is 2.21. The first-order valence-electron chi connectivity index (χ1n) is 5.00. The number of ketones is 1. The summed E-state index contributed by atoms with van der Waals surface area (Å²) in [7, 11) is 0. The van der Waals surface area contributed by atoms with E-state index in [-0.39, 0.29) is 5.78 Å². The Labute approximate surface area is 96.9 Å². The third-order valence-electron chi connectivity index (χ3n) is 2.32. The molecule has 0 saturated carbocycles. The minimum absolute atomic E-state index is 0.151. The monoisotopic (exact) mass is 233 g/mol. The average Bonchev–Trinajstić information content (AvgIpc) is 2.28. The van der Waals surface area contributed by atoms with Crippen LogP contribution in [0.5, 0.6) is 0 Å². The van der Waals surface area contributed by atoms with Crippen molar-refractivity contribution in [3.63, 3.8) is 0 Å². The molecule has 0 aliphatic heterocycles. The maximum atomic E-state index is 13.0. The number of pyridine rings is 1. The summed E-state index contributed by atoms with van der Waals surface area (Å²) in [6, 6.07) is 6.38. The molecule has 0 atom stereocenters. The van der Waals surface area contributed by atoms with Crippen molar-refractivity contribution in [3.8, 4) is 11.1 Å². The topological polar surface area (TPSA) is 30.0 Å². The van der Waals surface area contributed by atoms with Gasteiger partial charge in [0.1, 0.15) is 17.3 Å². The van der Waals surface area contributed by atoms with E-state index in [9.17, 15) is 13.6 Å². The van der Waals surface area contributed by atoms with Crippen LogP contribution in [0.25, 0.3) is 11.1 Å². The van der Waals surface area contributed by atoms with Gasteiger partial charge in [-0.1, -0.05) is 6.07 Å². The van der Waals surface area contributed by atoms with Crippen molar-refractivity contribution in [2.75, 3.05) is 0 Å². The number of carbonyl (C=O) groups is 1. The van der Waals surface area contributed by atoms with Crippen LogP contribution in [0.3, 0.4) is 0 Å². The molecule has 86 valence electrons. The quantitative estimate of drug-likeness (QED) is 0.745. The summed E-state index contributed by atoms with van der Waals surface area (Å²) in [5.41, 5.74) is 1.28. The molecule has 0 aliphatic carbocycles. The molecule has 0 fully saturated rings. The van der Waals surface area contributed by atoms with Gasteiger partial charge in [0.2, 0.25) is 0 Å². The molecule has 0 radical (unpaired) electrons. The van der Waals surface area contributed by atoms with Gasteiger partial charge in [-0.05, 0) is 23.8 Å². The minimum atomic E-state index is -0.643. The standard InChI is InChI=1S/C13H9F2NO/c1-8(17)13-3-2-9(7-16-13)10-4-11(14)6-12(15)5-10/h2-7H,1H3. The van der Waals surface area contributed by atoms with E-state index in [4.69, 9.17) is 0 Å². The van der Waals surface area contributed by atoms with Gasteiger partial charge in [-0.15, -0.1) is 0 Å². The van der Waals surface area contributed by atoms with Gasteiger partial charge in [0.15, 0.2) is 5.78 Å². The molecule has 0 aliphatic rings. The Balaban J connectivity index is 2.43. The van der Waals surface area contributed by atoms with Crippen LogP contribution in [0.1, 0.15) is 17.4 Å². The second kappa shape index (κ2) is 4.41. The third-order valence-corrected chi connectivity index (χ3v) is 2.32. The lowest BCUT2D eigenvalue weighted by Crippen LogP contribution is -1.95. The van der Waals surface area contributed by atoms with Crippen LogP contribution in [0.2, 0.25) is 0 Å². The van der Waals surface area contributed by atoms with Crippen LogP contribution in [0, 0.1) is 11.6 Å². The smallest absolute Gasteiger partial charge is 0.178 e. The molecule has 2 rings (SSSR count). The van der Waals surface area contributed by atoms with E-state index < -0.39 is 11.6 Å². The van der Waals surface area contributed by atoms with Crippen LogP contribution < -0.4 is 0 Å². The molecule has 2 nitrogen and oxygen atoms in total. The summed E-state index contributed by atoms with van der Waals surface area (Å²) >= 11 is 0. The fourth-order valence-corrected chi connectivity index (χ4v) is 1.49. The number of hydrogen-bond acceptors (Lipinski definition) is 2. The Morgan fingerprint density at radius 2 is 1.71 bits per heavy atom. The van der Waals surface area contributed by atoms with Gasteiger partial charge in [-0.25, -0.2) is 8.78 Å². The molecule has 0 unspecified atom stereocenters. The van der Waals surface area contributed by atoms with Gasteiger partial charge >= 0.3 is 0 Å². The normalized spacial score (nSPS) is 10.3. The molecule has 1 heterocycles. The van der Waals surface area contributed by atoms with E-state index in [1.165, 1.54) is 31.3 Å². The van der Waals surface area contributed by atoms with E-state index in [0.29, 0.717) is 16.8 Å². The molecular formula is C13H9F2NO. The van der Waals surface area contributed by atoms with Crippen molar-refractivity contribution >= 4 is 5.78 Å². The van der Waals surface area contributed by atoms with Gasteiger partial charge in [0.25, 0.3) is 0 Å². The lowest BCUT2D eigenvalue weighted by molar-refractivity contribution is 0.101. The van der Waals surface area contributed by atoms with Gasteiger partial charge < -0.3 is 0 Å². The fourth-order valence-electron chi connectivity index (χ4n) is 1.49. The number of nitrogens with zero attached hydrogens (tertiary/aromatic N) is 1. The number of carbonyl (C=O) groups excluding carboxylic acids is 1. The molecule has 0 spiro atoms. The fraction of sp³-hybridized carbons (Fsp3) is 0.0769. The summed E-state index contributed by atoms with van der Waals surface area (Å²) in [6.45, 7) is 1.41. The van der Waals surface area contributed by atoms with Crippen LogP contribution in [-0.4, -0.2) is 10.8 Å². The summed E-state index contributed by atoms with van der Waals surface area (Å²) in [4.78, 5) is 14.9. The number of halogens is 2. The molecule has 1 aromatic heterocycles. The summed E-state index contributed by atoms with van der Waals surface area (Å²) in [6.07, 6.45) is 1.42. The molecule has 4 heteroatoms. The van der Waals surface area contributed by atoms with Crippen molar-refractivity contribution in [3.05, 3.63) is 53.9 Å². The number of benzene rings is 1. The molecule has 0 bridgehead atoms. The Bertz CT molecular complexity index is 544. The van der Waals surface area contributed by atoms with Crippen molar-refractivity contribution in [2.24, 2.45) is 0 Å². The van der Waals surface area contributed by atoms with E-state index in [1.807, 2.05) is 0 Å². The predicted octanol–water partition coefficient (Wildman–Crippen LogP) is 3.23. The zero-order valence-corrected chi connectivity index (χ0v) is 9.08. The first-order valence-corrected chi connectivity index (χ1v) is 5.00. The minimum Gasteiger partial charge on any atom is -0.293 e. The van der Waals surface area contributed by atoms with E-state index in [2.05, 4.69) is 4.98 Å². The number of Topliss-reactive ketones (excluding diaryl/α,β-unsaturated/α-hetero) is 1. The van der Waals surface area contributed by atoms with Gasteiger partial charge in [-0.3, -0.25) is 9.78 Å². The van der Waals surface area contributed by atoms with Crippen molar-refractivity contribution in [1.82, 2.24) is 4.98 Å².